The summed E-state index contributed by atoms with van der Waals surface area (Å²) in [6, 6.07) is 8.57. The molecule has 3 N–H and O–H groups in total. The zero-order chi connectivity index (χ0) is 44.0. The second-order valence-electron chi connectivity index (χ2n) is 15.8. The van der Waals surface area contributed by atoms with E-state index >= 15 is 0 Å². The van der Waals surface area contributed by atoms with Gasteiger partial charge in [0.25, 0.3) is 0 Å². The van der Waals surface area contributed by atoms with Gasteiger partial charge in [0, 0.05) is 51.5 Å². The molecule has 6 aromatic rings. The van der Waals surface area contributed by atoms with E-state index in [1.165, 1.54) is 46.3 Å². The van der Waals surface area contributed by atoms with Gasteiger partial charge in [-0.1, -0.05) is 0 Å². The molecule has 0 unspecified atom stereocenters. The Bertz CT molecular complexity index is 2840. The zero-order valence-electron chi connectivity index (χ0n) is 34.5. The number of aliphatic imine (C=N–C) groups is 2. The van der Waals surface area contributed by atoms with Crippen LogP contribution in [0.4, 0.5) is 36.2 Å². The predicted molar refractivity (Wildman–Crippen MR) is 247 cm³/mol. The molecule has 0 radical (unpaired) electrons. The maximum absolute atomic E-state index is 12.8. The van der Waals surface area contributed by atoms with Crippen molar-refractivity contribution >= 4 is 114 Å². The van der Waals surface area contributed by atoms with Crippen LogP contribution in [-0.4, -0.2) is 86.5 Å². The third kappa shape index (κ3) is 8.89. The molecule has 4 aromatic heterocycles. The molecule has 1 amide bonds. The van der Waals surface area contributed by atoms with Crippen LogP contribution in [0.5, 0.6) is 0 Å². The Morgan fingerprint density at radius 1 is 0.778 bits per heavy atom. The fourth-order valence-corrected chi connectivity index (χ4v) is 12.3. The van der Waals surface area contributed by atoms with E-state index in [0.717, 1.165) is 92.6 Å². The average molecular weight is 930 g/mol. The molecule has 0 saturated heterocycles. The molecule has 6 heterocycles. The summed E-state index contributed by atoms with van der Waals surface area (Å²) in [6.45, 7) is 1.12. The van der Waals surface area contributed by atoms with E-state index in [0.29, 0.717) is 38.6 Å². The summed E-state index contributed by atoms with van der Waals surface area (Å²) in [5.74, 6) is -0.0457. The lowest BCUT2D eigenvalue weighted by atomic mass is 9.87. The number of nitrogens with one attached hydrogen (secondary N) is 2. The number of amides is 1. The number of fused-ring (bicyclic) bond motifs is 8. The SMILES string of the molecule is CSc1cc2c(cc1Nc1ncnc3sc4c(c13)CC[C@H](C(=O)N(C)CCC(F)(F)F)C4)C=NC2.CSc1cc2c(cc1Nc1ncnc3sc4c(c13)CC[C@H](C(=O)O)C4)C=NC2. The van der Waals surface area contributed by atoms with E-state index in [2.05, 4.69) is 71.1 Å². The molecule has 2 atom stereocenters. The van der Waals surface area contributed by atoms with Crippen molar-refractivity contribution in [2.45, 2.75) is 74.0 Å². The number of nitrogens with zero attached hydrogens (tertiary/aromatic N) is 7. The first-order valence-corrected chi connectivity index (χ1v) is 24.5. The number of benzene rings is 2. The first-order chi connectivity index (χ1) is 30.4. The summed E-state index contributed by atoms with van der Waals surface area (Å²) in [5, 5.41) is 18.4. The number of aryl methyl sites for hydroxylation is 2. The van der Waals surface area contributed by atoms with Gasteiger partial charge in [-0.15, -0.1) is 46.2 Å². The second kappa shape index (κ2) is 17.8. The fourth-order valence-electron chi connectivity index (χ4n) is 8.61. The van der Waals surface area contributed by atoms with Gasteiger partial charge in [0.2, 0.25) is 5.91 Å². The third-order valence-electron chi connectivity index (χ3n) is 11.9. The number of aliphatic carboxylic acids is 1. The first-order valence-electron chi connectivity index (χ1n) is 20.4. The minimum atomic E-state index is -4.27. The molecule has 0 spiro atoms. The normalized spacial score (nSPS) is 17.2. The first kappa shape index (κ1) is 43.2. The fraction of sp³-hybridized carbons (Fsp3) is 0.364. The number of carbonyl (C=O) groups is 2. The highest BCUT2D eigenvalue weighted by molar-refractivity contribution is 7.99. The zero-order valence-corrected chi connectivity index (χ0v) is 37.8. The van der Waals surface area contributed by atoms with Gasteiger partial charge in [-0.2, -0.15) is 13.2 Å². The molecule has 4 aliphatic rings. The smallest absolute Gasteiger partial charge is 0.390 e. The number of alkyl halides is 3. The van der Waals surface area contributed by atoms with Gasteiger partial charge in [0.15, 0.2) is 0 Å². The number of hydrogen-bond donors (Lipinski definition) is 3. The van der Waals surface area contributed by atoms with Crippen LogP contribution in [0.25, 0.3) is 20.4 Å². The van der Waals surface area contributed by atoms with Crippen LogP contribution in [0.1, 0.15) is 62.4 Å². The van der Waals surface area contributed by atoms with E-state index < -0.39 is 18.6 Å². The molecule has 0 bridgehead atoms. The van der Waals surface area contributed by atoms with Gasteiger partial charge in [0.1, 0.15) is 34.0 Å². The Labute approximate surface area is 377 Å². The number of hydrogen-bond acceptors (Lipinski definition) is 14. The number of thioether (sulfide) groups is 2. The molecule has 12 nitrogen and oxygen atoms in total. The number of carboxylic acid groups (broad SMARTS) is 1. The van der Waals surface area contributed by atoms with E-state index in [1.807, 2.05) is 18.7 Å². The van der Waals surface area contributed by atoms with Crippen molar-refractivity contribution in [3.05, 3.63) is 80.1 Å². The van der Waals surface area contributed by atoms with Crippen LogP contribution in [-0.2, 0) is 48.4 Å². The van der Waals surface area contributed by atoms with E-state index in [9.17, 15) is 27.9 Å². The topological polar surface area (TPSA) is 158 Å². The van der Waals surface area contributed by atoms with Crippen molar-refractivity contribution in [2.24, 2.45) is 21.8 Å². The molecule has 0 fully saturated rings. The molecule has 2 aliphatic carbocycles. The number of thiophene rings is 2. The largest absolute Gasteiger partial charge is 0.481 e. The standard InChI is InChI=1S/C24H24F3N5OS2.C20H18N4O2S2/c1-32(6-5-24(25,26)27)23(33)13-3-4-16-18(8-13)35-22-20(16)21(29-12-30-22)31-17-7-14-10-28-11-15(14)9-19(17)34-2;1-27-16-6-12-8-21-7-11(12)4-14(16)24-18-17-13-3-2-10(20(25)26)5-15(13)28-19(17)23-9-22-18/h7,9-10,12-13H,3-6,8,11H2,1-2H3,(H,29,30,31);4,6-7,9-10H,2-3,5,8H2,1H3,(H,25,26)(H,22,23,24)/t13-;10-/m00/s1. The van der Waals surface area contributed by atoms with E-state index in [4.69, 9.17) is 0 Å². The third-order valence-corrected chi connectivity index (χ3v) is 15.8. The van der Waals surface area contributed by atoms with Gasteiger partial charge in [-0.05, 0) is 109 Å². The van der Waals surface area contributed by atoms with E-state index in [1.54, 1.807) is 41.2 Å². The Morgan fingerprint density at radius 3 is 1.75 bits per heavy atom. The van der Waals surface area contributed by atoms with Crippen LogP contribution < -0.4 is 10.6 Å². The number of rotatable bonds is 10. The maximum Gasteiger partial charge on any atom is 0.390 e. The molecule has 63 heavy (non-hydrogen) atoms. The van der Waals surface area contributed by atoms with Gasteiger partial charge in [0.05, 0.1) is 47.6 Å². The number of carboxylic acids is 1. The molecule has 2 aromatic carbocycles. The Kier molecular flexibility index (Phi) is 12.2. The second-order valence-corrected chi connectivity index (χ2v) is 19.7. The highest BCUT2D eigenvalue weighted by Gasteiger charge is 2.34. The lowest BCUT2D eigenvalue weighted by Crippen LogP contribution is -2.37. The van der Waals surface area contributed by atoms with Gasteiger partial charge in [-0.3, -0.25) is 19.6 Å². The van der Waals surface area contributed by atoms with E-state index in [-0.39, 0.29) is 24.3 Å². The van der Waals surface area contributed by atoms with Gasteiger partial charge >= 0.3 is 12.1 Å². The Balaban J connectivity index is 0.000000164. The molecule has 326 valence electrons. The van der Waals surface area contributed by atoms with Crippen LogP contribution in [0.3, 0.4) is 0 Å². The molecule has 0 saturated carbocycles. The lowest BCUT2D eigenvalue weighted by molar-refractivity contribution is -0.146. The summed E-state index contributed by atoms with van der Waals surface area (Å²) in [5.41, 5.74) is 8.99. The van der Waals surface area contributed by atoms with Crippen molar-refractivity contribution in [2.75, 3.05) is 36.7 Å². The molecule has 10 rings (SSSR count). The average Bonchev–Trinajstić information content (AvgIpc) is 4.09. The Morgan fingerprint density at radius 2 is 1.27 bits per heavy atom. The summed E-state index contributed by atoms with van der Waals surface area (Å²) >= 11 is 6.48. The summed E-state index contributed by atoms with van der Waals surface area (Å²) < 4.78 is 37.7. The summed E-state index contributed by atoms with van der Waals surface area (Å²) in [4.78, 5) is 58.4. The van der Waals surface area contributed by atoms with Crippen molar-refractivity contribution in [1.29, 1.82) is 0 Å². The van der Waals surface area contributed by atoms with Crippen molar-refractivity contribution in [3.8, 4) is 0 Å². The van der Waals surface area contributed by atoms with Crippen LogP contribution in [0.15, 0.2) is 56.7 Å². The highest BCUT2D eigenvalue weighted by atomic mass is 32.2. The quantitative estimate of drug-likeness (QED) is 0.112. The minimum absolute atomic E-state index is 0.230. The van der Waals surface area contributed by atoms with Crippen LogP contribution in [0, 0.1) is 11.8 Å². The predicted octanol–water partition coefficient (Wildman–Crippen LogP) is 9.88. The molecular formula is C44H42F3N9O3S4. The van der Waals surface area contributed by atoms with Crippen molar-refractivity contribution < 1.29 is 27.9 Å². The number of aromatic nitrogens is 4. The molecule has 2 aliphatic heterocycles. The summed E-state index contributed by atoms with van der Waals surface area (Å²) in [6.07, 6.45) is 9.50. The highest BCUT2D eigenvalue weighted by Crippen LogP contribution is 2.44. The molecular weight excluding hydrogens is 888 g/mol. The van der Waals surface area contributed by atoms with Crippen molar-refractivity contribution in [1.82, 2.24) is 24.8 Å². The minimum Gasteiger partial charge on any atom is -0.481 e. The Hall–Kier alpha value is -5.11. The van der Waals surface area contributed by atoms with Gasteiger partial charge < -0.3 is 20.6 Å². The maximum atomic E-state index is 12.8. The van der Waals surface area contributed by atoms with Crippen LogP contribution in [0.2, 0.25) is 0 Å². The number of anilines is 4. The van der Waals surface area contributed by atoms with Gasteiger partial charge in [-0.25, -0.2) is 19.9 Å². The summed E-state index contributed by atoms with van der Waals surface area (Å²) in [7, 11) is 1.45. The number of carbonyl (C=O) groups excluding carboxylic acids is 1. The lowest BCUT2D eigenvalue weighted by Gasteiger charge is -2.27. The van der Waals surface area contributed by atoms with Crippen molar-refractivity contribution in [3.63, 3.8) is 0 Å². The monoisotopic (exact) mass is 929 g/mol. The van der Waals surface area contributed by atoms with Crippen LogP contribution >= 0.6 is 46.2 Å². The number of halogens is 3. The molecule has 19 heteroatoms.